The summed E-state index contributed by atoms with van der Waals surface area (Å²) < 4.78 is 2.22. The summed E-state index contributed by atoms with van der Waals surface area (Å²) in [5.74, 6) is 0.541. The Bertz CT molecular complexity index is 1020. The number of fused-ring (bicyclic) bond motifs is 1. The maximum absolute atomic E-state index is 10.1. The number of hydrogen-bond donors (Lipinski definition) is 2. The second-order valence-electron chi connectivity index (χ2n) is 9.17. The number of aromatic nitrogens is 2. The van der Waals surface area contributed by atoms with E-state index in [-0.39, 0.29) is 0 Å². The molecule has 30 heavy (non-hydrogen) atoms. The molecule has 1 aliphatic heterocycles. The van der Waals surface area contributed by atoms with Gasteiger partial charge in [0.2, 0.25) is 0 Å². The van der Waals surface area contributed by atoms with Crippen LogP contribution in [0.5, 0.6) is 0 Å². The third-order valence-electron chi connectivity index (χ3n) is 6.01. The molecule has 0 bridgehead atoms. The Hall–Kier alpha value is -2.63. The van der Waals surface area contributed by atoms with Crippen LogP contribution in [0.4, 0.5) is 0 Å². The number of nitrogens with zero attached hydrogens (tertiary/aromatic N) is 3. The monoisotopic (exact) mass is 404 g/mol. The molecule has 3 N–H and O–H groups in total. The molecule has 0 aliphatic carbocycles. The predicted molar refractivity (Wildman–Crippen MR) is 123 cm³/mol. The van der Waals surface area contributed by atoms with Gasteiger partial charge in [0.1, 0.15) is 5.65 Å². The summed E-state index contributed by atoms with van der Waals surface area (Å²) in [6.07, 6.45) is 6.31. The summed E-state index contributed by atoms with van der Waals surface area (Å²) in [7, 11) is 0. The van der Waals surface area contributed by atoms with Crippen LogP contribution in [-0.2, 0) is 6.54 Å². The summed E-state index contributed by atoms with van der Waals surface area (Å²) >= 11 is 0. The van der Waals surface area contributed by atoms with E-state index in [1.165, 1.54) is 16.5 Å². The maximum atomic E-state index is 10.1. The molecular formula is C25H32N4O. The van der Waals surface area contributed by atoms with Gasteiger partial charge in [-0.3, -0.25) is 0 Å². The fourth-order valence-electron chi connectivity index (χ4n) is 4.57. The van der Waals surface area contributed by atoms with Gasteiger partial charge in [0.05, 0.1) is 5.60 Å². The maximum Gasteiger partial charge on any atom is 0.140 e. The highest BCUT2D eigenvalue weighted by Gasteiger charge is 2.26. The van der Waals surface area contributed by atoms with E-state index in [2.05, 4.69) is 51.5 Å². The van der Waals surface area contributed by atoms with Crippen molar-refractivity contribution in [2.24, 2.45) is 5.73 Å². The molecule has 4 rings (SSSR count). The molecule has 0 saturated carbocycles. The second kappa shape index (κ2) is 8.25. The first-order chi connectivity index (χ1) is 14.3. The quantitative estimate of drug-likeness (QED) is 0.652. The van der Waals surface area contributed by atoms with Crippen LogP contribution in [-0.4, -0.2) is 44.8 Å². The van der Waals surface area contributed by atoms with Crippen molar-refractivity contribution in [1.82, 2.24) is 14.5 Å². The molecule has 3 heterocycles. The van der Waals surface area contributed by atoms with E-state index in [0.717, 1.165) is 50.2 Å². The Kier molecular flexibility index (Phi) is 5.67. The third-order valence-corrected chi connectivity index (χ3v) is 6.01. The summed E-state index contributed by atoms with van der Waals surface area (Å²) in [6.45, 7) is 11.1. The SMILES string of the molecule is C=C(N)c1ccc(Cn2ccc3c(C4CCN(CC(C)(C)O)CC4)ccnc32)cc1. The smallest absolute Gasteiger partial charge is 0.140 e. The van der Waals surface area contributed by atoms with E-state index in [0.29, 0.717) is 11.6 Å². The van der Waals surface area contributed by atoms with Gasteiger partial charge in [-0.2, -0.15) is 0 Å². The summed E-state index contributed by atoms with van der Waals surface area (Å²) in [5.41, 5.74) is 10.3. The summed E-state index contributed by atoms with van der Waals surface area (Å²) in [5, 5.41) is 11.4. The molecule has 0 amide bonds. The highest BCUT2D eigenvalue weighted by Crippen LogP contribution is 2.33. The van der Waals surface area contributed by atoms with Gasteiger partial charge in [-0.25, -0.2) is 4.98 Å². The molecule has 5 nitrogen and oxygen atoms in total. The molecule has 0 radical (unpaired) electrons. The Labute approximate surface area is 178 Å². The number of aliphatic hydroxyl groups is 1. The zero-order valence-corrected chi connectivity index (χ0v) is 18.0. The highest BCUT2D eigenvalue weighted by molar-refractivity contribution is 5.80. The molecule has 0 spiro atoms. The van der Waals surface area contributed by atoms with Crippen molar-refractivity contribution in [3.63, 3.8) is 0 Å². The lowest BCUT2D eigenvalue weighted by Crippen LogP contribution is -2.42. The van der Waals surface area contributed by atoms with Crippen molar-refractivity contribution in [2.45, 2.75) is 44.8 Å². The van der Waals surface area contributed by atoms with E-state index >= 15 is 0 Å². The number of likely N-dealkylation sites (tertiary alicyclic amines) is 1. The molecule has 3 aromatic rings. The predicted octanol–water partition coefficient (Wildman–Crippen LogP) is 3.96. The molecule has 1 fully saturated rings. The minimum absolute atomic E-state index is 0.541. The number of nitrogens with two attached hydrogens (primary N) is 1. The number of pyridine rings is 1. The van der Waals surface area contributed by atoms with Gasteiger partial charge in [-0.05, 0) is 74.5 Å². The normalized spacial score (nSPS) is 16.2. The van der Waals surface area contributed by atoms with Gasteiger partial charge < -0.3 is 20.3 Å². The van der Waals surface area contributed by atoms with Crippen LogP contribution in [0.3, 0.4) is 0 Å². The van der Waals surface area contributed by atoms with Gasteiger partial charge in [0, 0.05) is 36.6 Å². The average Bonchev–Trinajstić information content (AvgIpc) is 3.11. The molecular weight excluding hydrogens is 372 g/mol. The fraction of sp³-hybridized carbons (Fsp3) is 0.400. The van der Waals surface area contributed by atoms with Crippen LogP contribution in [0.15, 0.2) is 55.4 Å². The zero-order chi connectivity index (χ0) is 21.3. The third kappa shape index (κ3) is 4.58. The van der Waals surface area contributed by atoms with E-state index in [9.17, 15) is 5.11 Å². The molecule has 1 saturated heterocycles. The number of hydrogen-bond acceptors (Lipinski definition) is 4. The minimum Gasteiger partial charge on any atom is -0.399 e. The Balaban J connectivity index is 1.50. The van der Waals surface area contributed by atoms with E-state index in [1.807, 2.05) is 32.2 Å². The topological polar surface area (TPSA) is 67.3 Å². The molecule has 1 aliphatic rings. The second-order valence-corrected chi connectivity index (χ2v) is 9.17. The number of piperidine rings is 1. The molecule has 0 atom stereocenters. The first-order valence-electron chi connectivity index (χ1n) is 10.7. The Morgan fingerprint density at radius 1 is 1.17 bits per heavy atom. The van der Waals surface area contributed by atoms with Gasteiger partial charge in [-0.15, -0.1) is 0 Å². The average molecular weight is 405 g/mol. The van der Waals surface area contributed by atoms with E-state index in [1.54, 1.807) is 0 Å². The van der Waals surface area contributed by atoms with E-state index < -0.39 is 5.60 Å². The minimum atomic E-state index is -0.635. The van der Waals surface area contributed by atoms with Gasteiger partial charge in [-0.1, -0.05) is 30.8 Å². The van der Waals surface area contributed by atoms with Crippen molar-refractivity contribution in [3.8, 4) is 0 Å². The van der Waals surface area contributed by atoms with Crippen molar-refractivity contribution < 1.29 is 5.11 Å². The highest BCUT2D eigenvalue weighted by atomic mass is 16.3. The van der Waals surface area contributed by atoms with Gasteiger partial charge >= 0.3 is 0 Å². The van der Waals surface area contributed by atoms with Crippen LogP contribution in [0.2, 0.25) is 0 Å². The largest absolute Gasteiger partial charge is 0.399 e. The number of β-amino-alcohol motifs (C(OH)–C–C–N with tert-alkyl or cyclic N) is 1. The summed E-state index contributed by atoms with van der Waals surface area (Å²) in [6, 6.07) is 12.6. The zero-order valence-electron chi connectivity index (χ0n) is 18.0. The molecule has 2 aromatic heterocycles. The van der Waals surface area contributed by atoms with Crippen molar-refractivity contribution in [1.29, 1.82) is 0 Å². The number of benzene rings is 1. The standard InChI is InChI=1S/C25H32N4O/c1-18(26)20-6-4-19(5-7-20)16-29-15-11-23-22(8-12-27-24(23)29)21-9-13-28(14-10-21)17-25(2,3)30/h4-8,11-12,15,21,30H,1,9-10,13-14,16-17,26H2,2-3H3. The molecule has 1 aromatic carbocycles. The lowest BCUT2D eigenvalue weighted by molar-refractivity contribution is 0.0282. The van der Waals surface area contributed by atoms with Crippen LogP contribution in [0.1, 0.15) is 49.3 Å². The van der Waals surface area contributed by atoms with Crippen LogP contribution < -0.4 is 5.73 Å². The molecule has 0 unspecified atom stereocenters. The first-order valence-corrected chi connectivity index (χ1v) is 10.7. The lowest BCUT2D eigenvalue weighted by atomic mass is 9.88. The van der Waals surface area contributed by atoms with Gasteiger partial charge in [0.15, 0.2) is 0 Å². The van der Waals surface area contributed by atoms with Crippen molar-refractivity contribution in [3.05, 3.63) is 72.1 Å². The summed E-state index contributed by atoms with van der Waals surface area (Å²) in [4.78, 5) is 7.06. The van der Waals surface area contributed by atoms with Crippen LogP contribution in [0, 0.1) is 0 Å². The van der Waals surface area contributed by atoms with E-state index in [4.69, 9.17) is 5.73 Å². The van der Waals surface area contributed by atoms with Crippen LogP contribution in [0.25, 0.3) is 16.7 Å². The van der Waals surface area contributed by atoms with Gasteiger partial charge in [0.25, 0.3) is 0 Å². The molecule has 5 heteroatoms. The first kappa shape index (κ1) is 20.6. The Morgan fingerprint density at radius 3 is 2.50 bits per heavy atom. The molecule has 158 valence electrons. The lowest BCUT2D eigenvalue weighted by Gasteiger charge is -2.35. The van der Waals surface area contributed by atoms with Crippen molar-refractivity contribution in [2.75, 3.05) is 19.6 Å². The Morgan fingerprint density at radius 2 is 1.87 bits per heavy atom. The van der Waals surface area contributed by atoms with Crippen LogP contribution >= 0.6 is 0 Å². The number of rotatable bonds is 6. The van der Waals surface area contributed by atoms with Crippen molar-refractivity contribution >= 4 is 16.7 Å². The fourth-order valence-corrected chi connectivity index (χ4v) is 4.57.